The average molecular weight is 369 g/mol. The van der Waals surface area contributed by atoms with Gasteiger partial charge in [0.25, 0.3) is 0 Å². The lowest BCUT2D eigenvalue weighted by Crippen LogP contribution is -2.15. The second-order valence-electron chi connectivity index (χ2n) is 7.38. The monoisotopic (exact) mass is 369 g/mol. The number of hydrogen-bond donors (Lipinski definition) is 0. The smallest absolute Gasteiger partial charge is 0.311 e. The number of ether oxygens (including phenoxy) is 1. The number of para-hydroxylation sites is 1. The maximum atomic E-state index is 12.6. The second-order valence-corrected chi connectivity index (χ2v) is 7.38. The fourth-order valence-electron chi connectivity index (χ4n) is 2.97. The zero-order valence-electron chi connectivity index (χ0n) is 16.2. The van der Waals surface area contributed by atoms with Crippen LogP contribution in [0.15, 0.2) is 78.9 Å². The Morgan fingerprint density at radius 3 is 1.82 bits per heavy atom. The Bertz CT molecular complexity index is 928. The van der Waals surface area contributed by atoms with E-state index in [1.807, 2.05) is 92.7 Å². The van der Waals surface area contributed by atoms with Crippen molar-refractivity contribution in [2.45, 2.75) is 26.7 Å². The van der Waals surface area contributed by atoms with E-state index in [1.54, 1.807) is 0 Å². The van der Waals surface area contributed by atoms with E-state index in [0.29, 0.717) is 12.2 Å². The Labute approximate surface area is 166 Å². The van der Waals surface area contributed by atoms with Crippen molar-refractivity contribution < 1.29 is 9.53 Å². The third-order valence-electron chi connectivity index (χ3n) is 4.66. The lowest BCUT2D eigenvalue weighted by atomic mass is 9.90. The maximum absolute atomic E-state index is 12.6. The van der Waals surface area contributed by atoms with Gasteiger partial charge in [0.15, 0.2) is 0 Å². The molecule has 0 saturated heterocycles. The van der Waals surface area contributed by atoms with E-state index in [-0.39, 0.29) is 12.4 Å². The molecule has 0 saturated carbocycles. The third kappa shape index (κ3) is 4.66. The summed E-state index contributed by atoms with van der Waals surface area (Å²) in [5.74, 6) is 0.226. The van der Waals surface area contributed by atoms with Gasteiger partial charge < -0.3 is 4.74 Å². The molecule has 0 bridgehead atoms. The Kier molecular flexibility index (Phi) is 5.91. The maximum Gasteiger partial charge on any atom is 0.311 e. The lowest BCUT2D eigenvalue weighted by Gasteiger charge is -2.17. The molecular formula is C25H23NO2. The number of carbonyl (C=O) groups excluding carboxylic acids is 1. The molecule has 0 radical (unpaired) electrons. The van der Waals surface area contributed by atoms with Gasteiger partial charge in [-0.3, -0.25) is 4.79 Å². The minimum atomic E-state index is -0.555. The summed E-state index contributed by atoms with van der Waals surface area (Å²) in [6, 6.07) is 27.9. The molecule has 0 unspecified atom stereocenters. The highest BCUT2D eigenvalue weighted by Gasteiger charge is 2.21. The van der Waals surface area contributed by atoms with Gasteiger partial charge in [-0.25, -0.2) is 0 Å². The molecule has 140 valence electrons. The summed E-state index contributed by atoms with van der Waals surface area (Å²) in [6.07, 6.45) is 0.647. The summed E-state index contributed by atoms with van der Waals surface area (Å²) >= 11 is 0. The highest BCUT2D eigenvalue weighted by atomic mass is 16.5. The van der Waals surface area contributed by atoms with Crippen LogP contribution in [0, 0.1) is 16.7 Å². The van der Waals surface area contributed by atoms with Crippen LogP contribution < -0.4 is 4.74 Å². The Balaban J connectivity index is 1.99. The summed E-state index contributed by atoms with van der Waals surface area (Å²) in [5.41, 5.74) is 3.16. The van der Waals surface area contributed by atoms with Crippen molar-refractivity contribution in [2.24, 2.45) is 5.41 Å². The van der Waals surface area contributed by atoms with Crippen molar-refractivity contribution in [1.29, 1.82) is 5.26 Å². The molecule has 3 aromatic carbocycles. The predicted molar refractivity (Wildman–Crippen MR) is 112 cm³/mol. The van der Waals surface area contributed by atoms with Crippen LogP contribution in [-0.4, -0.2) is 5.97 Å². The fourth-order valence-corrected chi connectivity index (χ4v) is 2.97. The van der Waals surface area contributed by atoms with E-state index in [2.05, 4.69) is 6.07 Å². The topological polar surface area (TPSA) is 50.1 Å². The van der Waals surface area contributed by atoms with Crippen molar-refractivity contribution in [3.8, 4) is 34.1 Å². The third-order valence-corrected chi connectivity index (χ3v) is 4.66. The first-order chi connectivity index (χ1) is 13.5. The Hall–Kier alpha value is -3.38. The molecule has 0 fully saturated rings. The first-order valence-corrected chi connectivity index (χ1v) is 9.36. The highest BCUT2D eigenvalue weighted by molar-refractivity contribution is 5.86. The summed E-state index contributed by atoms with van der Waals surface area (Å²) in [4.78, 5) is 12.6. The van der Waals surface area contributed by atoms with Gasteiger partial charge in [-0.05, 0) is 31.4 Å². The van der Waals surface area contributed by atoms with E-state index >= 15 is 0 Å². The van der Waals surface area contributed by atoms with Crippen molar-refractivity contribution in [3.05, 3.63) is 78.9 Å². The minimum Gasteiger partial charge on any atom is -0.425 e. The number of benzene rings is 3. The molecule has 0 aliphatic carbocycles. The standard InChI is InChI=1S/C25H23NO2/c1-25(2,18-26)17-16-23(27)28-24-21(19-10-5-3-6-11-19)14-9-15-22(24)20-12-7-4-8-13-20/h3-15H,16-17H2,1-2H3. The van der Waals surface area contributed by atoms with E-state index in [0.717, 1.165) is 22.3 Å². The van der Waals surface area contributed by atoms with Gasteiger partial charge in [0.1, 0.15) is 5.75 Å². The van der Waals surface area contributed by atoms with E-state index < -0.39 is 5.41 Å². The van der Waals surface area contributed by atoms with Gasteiger partial charge in [-0.2, -0.15) is 5.26 Å². The zero-order chi connectivity index (χ0) is 20.0. The molecule has 0 atom stereocenters. The van der Waals surface area contributed by atoms with Crippen molar-refractivity contribution in [1.82, 2.24) is 0 Å². The number of carbonyl (C=O) groups is 1. The minimum absolute atomic E-state index is 0.192. The van der Waals surface area contributed by atoms with Crippen LogP contribution in [0.25, 0.3) is 22.3 Å². The average Bonchev–Trinajstić information content (AvgIpc) is 2.74. The predicted octanol–water partition coefficient (Wildman–Crippen LogP) is 6.26. The quantitative estimate of drug-likeness (QED) is 0.381. The first-order valence-electron chi connectivity index (χ1n) is 9.36. The van der Waals surface area contributed by atoms with Crippen LogP contribution in [0.5, 0.6) is 5.75 Å². The molecule has 0 spiro atoms. The molecule has 0 N–H and O–H groups in total. The van der Waals surface area contributed by atoms with Gasteiger partial charge in [-0.15, -0.1) is 0 Å². The number of nitrogens with zero attached hydrogens (tertiary/aromatic N) is 1. The summed E-state index contributed by atoms with van der Waals surface area (Å²) in [6.45, 7) is 3.65. The SMILES string of the molecule is CC(C)(C#N)CCC(=O)Oc1c(-c2ccccc2)cccc1-c1ccccc1. The van der Waals surface area contributed by atoms with Crippen LogP contribution in [0.1, 0.15) is 26.7 Å². The molecule has 3 heteroatoms. The molecule has 3 rings (SSSR count). The highest BCUT2D eigenvalue weighted by Crippen LogP contribution is 2.39. The molecule has 0 aliphatic rings. The summed E-state index contributed by atoms with van der Waals surface area (Å²) < 4.78 is 5.88. The second kappa shape index (κ2) is 8.54. The van der Waals surface area contributed by atoms with Crippen molar-refractivity contribution in [2.75, 3.05) is 0 Å². The number of nitriles is 1. The van der Waals surface area contributed by atoms with Crippen molar-refractivity contribution in [3.63, 3.8) is 0 Å². The molecule has 0 amide bonds. The van der Waals surface area contributed by atoms with Crippen LogP contribution in [0.4, 0.5) is 0 Å². The molecule has 28 heavy (non-hydrogen) atoms. The summed E-state index contributed by atoms with van der Waals surface area (Å²) in [7, 11) is 0. The molecule has 3 aromatic rings. The number of hydrogen-bond acceptors (Lipinski definition) is 3. The van der Waals surface area contributed by atoms with E-state index in [4.69, 9.17) is 4.74 Å². The van der Waals surface area contributed by atoms with Gasteiger partial charge in [-0.1, -0.05) is 78.9 Å². The molecule has 3 nitrogen and oxygen atoms in total. The largest absolute Gasteiger partial charge is 0.425 e. The van der Waals surface area contributed by atoms with Crippen LogP contribution >= 0.6 is 0 Å². The molecule has 0 aromatic heterocycles. The van der Waals surface area contributed by atoms with Gasteiger partial charge in [0, 0.05) is 17.5 Å². The van der Waals surface area contributed by atoms with Gasteiger partial charge in [0.2, 0.25) is 0 Å². The van der Waals surface area contributed by atoms with E-state index in [1.165, 1.54) is 0 Å². The zero-order valence-corrected chi connectivity index (χ0v) is 16.2. The van der Waals surface area contributed by atoms with Gasteiger partial charge >= 0.3 is 5.97 Å². The van der Waals surface area contributed by atoms with E-state index in [9.17, 15) is 10.1 Å². The molecule has 0 aliphatic heterocycles. The first kappa shape index (κ1) is 19.4. The van der Waals surface area contributed by atoms with Crippen molar-refractivity contribution >= 4 is 5.97 Å². The Morgan fingerprint density at radius 1 is 0.857 bits per heavy atom. The van der Waals surface area contributed by atoms with Crippen LogP contribution in [0.3, 0.4) is 0 Å². The molecule has 0 heterocycles. The molecular weight excluding hydrogens is 346 g/mol. The summed E-state index contributed by atoms with van der Waals surface area (Å²) in [5, 5.41) is 9.18. The normalized spacial score (nSPS) is 10.9. The van der Waals surface area contributed by atoms with Crippen LogP contribution in [-0.2, 0) is 4.79 Å². The van der Waals surface area contributed by atoms with Gasteiger partial charge in [0.05, 0.1) is 11.5 Å². The fraction of sp³-hybridized carbons (Fsp3) is 0.200. The number of rotatable bonds is 6. The van der Waals surface area contributed by atoms with Crippen LogP contribution in [0.2, 0.25) is 0 Å². The Morgan fingerprint density at radius 2 is 1.36 bits per heavy atom. The number of esters is 1. The lowest BCUT2D eigenvalue weighted by molar-refractivity contribution is -0.134.